The second-order valence-electron chi connectivity index (χ2n) is 16.3. The van der Waals surface area contributed by atoms with Gasteiger partial charge in [-0.15, -0.1) is 0 Å². The van der Waals surface area contributed by atoms with Crippen LogP contribution in [0.2, 0.25) is 0 Å². The molecule has 0 N–H and O–H groups in total. The lowest BCUT2D eigenvalue weighted by Crippen LogP contribution is -2.30. The fourth-order valence-corrected chi connectivity index (χ4v) is 6.77. The number of hydrogen-bond acceptors (Lipinski definition) is 6. The molecular formula is C53H92O6. The molecule has 0 aliphatic carbocycles. The van der Waals surface area contributed by atoms with Crippen molar-refractivity contribution in [3.8, 4) is 0 Å². The van der Waals surface area contributed by atoms with E-state index < -0.39 is 6.10 Å². The monoisotopic (exact) mass is 825 g/mol. The van der Waals surface area contributed by atoms with Gasteiger partial charge < -0.3 is 14.2 Å². The largest absolute Gasteiger partial charge is 0.462 e. The first-order chi connectivity index (χ1) is 29.0. The number of esters is 3. The van der Waals surface area contributed by atoms with Gasteiger partial charge in [-0.3, -0.25) is 14.4 Å². The molecule has 0 aromatic heterocycles. The predicted octanol–water partition coefficient (Wildman–Crippen LogP) is 16.1. The van der Waals surface area contributed by atoms with E-state index in [1.165, 1.54) is 89.9 Å². The number of hydrogen-bond donors (Lipinski definition) is 0. The van der Waals surface area contributed by atoms with Gasteiger partial charge in [-0.05, 0) is 77.0 Å². The molecule has 0 saturated carbocycles. The number of rotatable bonds is 44. The molecule has 0 amide bonds. The molecule has 59 heavy (non-hydrogen) atoms. The van der Waals surface area contributed by atoms with Crippen molar-refractivity contribution in [2.45, 2.75) is 245 Å². The molecule has 0 bridgehead atoms. The standard InChI is InChI=1S/C53H92O6/c1-4-7-10-13-16-19-22-24-25-26-27-29-32-34-37-40-43-46-52(55)58-49-50(59-53(56)47-44-41-38-35-30-21-18-15-12-9-6-3)48-57-51(54)45-42-39-36-33-31-28-23-20-17-14-11-8-5-2/h7,10,15-16,18-19,24-25,27,29,50H,4-6,8-9,11-14,17,20-23,26,28,30-49H2,1-3H3/b10-7-,18-15-,19-16-,25-24-,29-27-/t50-/m0/s1. The normalized spacial score (nSPS) is 12.5. The van der Waals surface area contributed by atoms with Crippen LogP contribution in [0.4, 0.5) is 0 Å². The highest BCUT2D eigenvalue weighted by molar-refractivity contribution is 5.71. The van der Waals surface area contributed by atoms with Crippen LogP contribution in [0.25, 0.3) is 0 Å². The van der Waals surface area contributed by atoms with E-state index in [1.807, 2.05) is 0 Å². The zero-order valence-electron chi connectivity index (χ0n) is 38.8. The maximum Gasteiger partial charge on any atom is 0.306 e. The molecule has 0 spiro atoms. The van der Waals surface area contributed by atoms with Crippen molar-refractivity contribution in [1.82, 2.24) is 0 Å². The minimum Gasteiger partial charge on any atom is -0.462 e. The minimum absolute atomic E-state index is 0.0840. The minimum atomic E-state index is -0.785. The molecule has 0 aliphatic rings. The summed E-state index contributed by atoms with van der Waals surface area (Å²) in [6, 6.07) is 0. The Morgan fingerprint density at radius 3 is 1.10 bits per heavy atom. The van der Waals surface area contributed by atoms with Crippen LogP contribution >= 0.6 is 0 Å². The van der Waals surface area contributed by atoms with Crippen LogP contribution in [0.5, 0.6) is 0 Å². The number of carbonyl (C=O) groups is 3. The molecule has 0 saturated heterocycles. The van der Waals surface area contributed by atoms with Gasteiger partial charge in [-0.2, -0.15) is 0 Å². The lowest BCUT2D eigenvalue weighted by atomic mass is 10.0. The van der Waals surface area contributed by atoms with Crippen LogP contribution in [-0.2, 0) is 28.6 Å². The van der Waals surface area contributed by atoms with E-state index in [9.17, 15) is 14.4 Å². The molecule has 0 aromatic carbocycles. The SMILES string of the molecule is CC/C=C\C/C=C\C/C=C\C/C=C\CCCCCCC(=O)OC[C@H](COC(=O)CCCCCCCCCCCCCCC)OC(=O)CCCCCCC/C=C\CCCC. The average molecular weight is 825 g/mol. The van der Waals surface area contributed by atoms with Crippen LogP contribution in [0.15, 0.2) is 60.8 Å². The van der Waals surface area contributed by atoms with E-state index in [0.29, 0.717) is 19.3 Å². The third kappa shape index (κ3) is 46.0. The molecule has 6 heteroatoms. The van der Waals surface area contributed by atoms with Gasteiger partial charge in [-0.1, -0.05) is 204 Å². The summed E-state index contributed by atoms with van der Waals surface area (Å²) in [5, 5.41) is 0. The number of unbranched alkanes of at least 4 members (excludes halogenated alkanes) is 23. The summed E-state index contributed by atoms with van der Waals surface area (Å²) in [6.07, 6.45) is 57.7. The van der Waals surface area contributed by atoms with Gasteiger partial charge in [0, 0.05) is 19.3 Å². The Labute approximate surface area is 364 Å². The van der Waals surface area contributed by atoms with Crippen LogP contribution < -0.4 is 0 Å². The first-order valence-electron chi connectivity index (χ1n) is 24.8. The first-order valence-corrected chi connectivity index (χ1v) is 24.8. The highest BCUT2D eigenvalue weighted by Crippen LogP contribution is 2.15. The molecule has 0 aromatic rings. The van der Waals surface area contributed by atoms with Crippen LogP contribution in [0.1, 0.15) is 239 Å². The molecule has 0 aliphatic heterocycles. The van der Waals surface area contributed by atoms with Crippen LogP contribution in [0.3, 0.4) is 0 Å². The Kier molecular flexibility index (Phi) is 45.4. The van der Waals surface area contributed by atoms with Gasteiger partial charge in [0.1, 0.15) is 13.2 Å². The summed E-state index contributed by atoms with van der Waals surface area (Å²) in [5.41, 5.74) is 0. The summed E-state index contributed by atoms with van der Waals surface area (Å²) < 4.78 is 16.7. The Morgan fingerprint density at radius 2 is 0.678 bits per heavy atom. The fourth-order valence-electron chi connectivity index (χ4n) is 6.77. The van der Waals surface area contributed by atoms with Gasteiger partial charge in [0.2, 0.25) is 0 Å². The number of ether oxygens (including phenoxy) is 3. The van der Waals surface area contributed by atoms with Crippen molar-refractivity contribution < 1.29 is 28.6 Å². The van der Waals surface area contributed by atoms with Gasteiger partial charge in [-0.25, -0.2) is 0 Å². The maximum absolute atomic E-state index is 12.7. The van der Waals surface area contributed by atoms with E-state index >= 15 is 0 Å². The third-order valence-electron chi connectivity index (χ3n) is 10.5. The Balaban J connectivity index is 4.40. The highest BCUT2D eigenvalue weighted by Gasteiger charge is 2.19. The maximum atomic E-state index is 12.7. The average Bonchev–Trinajstić information content (AvgIpc) is 3.23. The molecule has 0 rings (SSSR count). The van der Waals surface area contributed by atoms with E-state index in [0.717, 1.165) is 109 Å². The highest BCUT2D eigenvalue weighted by atomic mass is 16.6. The Morgan fingerprint density at radius 1 is 0.356 bits per heavy atom. The molecule has 1 atom stereocenters. The van der Waals surface area contributed by atoms with Gasteiger partial charge in [0.25, 0.3) is 0 Å². The molecule has 340 valence electrons. The number of allylic oxidation sites excluding steroid dienone is 10. The smallest absolute Gasteiger partial charge is 0.306 e. The van der Waals surface area contributed by atoms with Gasteiger partial charge in [0.15, 0.2) is 6.10 Å². The Hall–Kier alpha value is -2.89. The lowest BCUT2D eigenvalue weighted by Gasteiger charge is -2.18. The summed E-state index contributed by atoms with van der Waals surface area (Å²) in [5.74, 6) is -0.917. The molecular weight excluding hydrogens is 733 g/mol. The van der Waals surface area contributed by atoms with Crippen molar-refractivity contribution >= 4 is 17.9 Å². The summed E-state index contributed by atoms with van der Waals surface area (Å²) in [4.78, 5) is 37.9. The Bertz CT molecular complexity index is 1090. The number of carbonyl (C=O) groups excluding carboxylic acids is 3. The second kappa shape index (κ2) is 47.8. The topological polar surface area (TPSA) is 78.9 Å². The summed E-state index contributed by atoms with van der Waals surface area (Å²) in [6.45, 7) is 6.46. The second-order valence-corrected chi connectivity index (χ2v) is 16.3. The predicted molar refractivity (Wildman–Crippen MR) is 251 cm³/mol. The van der Waals surface area contributed by atoms with Crippen molar-refractivity contribution in [2.24, 2.45) is 0 Å². The van der Waals surface area contributed by atoms with E-state index in [4.69, 9.17) is 14.2 Å². The van der Waals surface area contributed by atoms with Crippen molar-refractivity contribution in [2.75, 3.05) is 13.2 Å². The summed E-state index contributed by atoms with van der Waals surface area (Å²) in [7, 11) is 0. The third-order valence-corrected chi connectivity index (χ3v) is 10.5. The van der Waals surface area contributed by atoms with E-state index in [2.05, 4.69) is 81.5 Å². The molecule has 0 heterocycles. The molecule has 0 fully saturated rings. The van der Waals surface area contributed by atoms with Crippen LogP contribution in [-0.4, -0.2) is 37.2 Å². The van der Waals surface area contributed by atoms with Gasteiger partial charge in [0.05, 0.1) is 0 Å². The molecule has 0 radical (unpaired) electrons. The van der Waals surface area contributed by atoms with E-state index in [1.54, 1.807) is 0 Å². The molecule has 0 unspecified atom stereocenters. The zero-order valence-corrected chi connectivity index (χ0v) is 38.8. The van der Waals surface area contributed by atoms with Crippen molar-refractivity contribution in [1.29, 1.82) is 0 Å². The van der Waals surface area contributed by atoms with Crippen molar-refractivity contribution in [3.05, 3.63) is 60.8 Å². The molecule has 6 nitrogen and oxygen atoms in total. The van der Waals surface area contributed by atoms with E-state index in [-0.39, 0.29) is 31.1 Å². The first kappa shape index (κ1) is 56.1. The summed E-state index contributed by atoms with van der Waals surface area (Å²) >= 11 is 0. The van der Waals surface area contributed by atoms with Crippen LogP contribution in [0, 0.1) is 0 Å². The zero-order chi connectivity index (χ0) is 43.0. The van der Waals surface area contributed by atoms with Crippen molar-refractivity contribution in [3.63, 3.8) is 0 Å². The van der Waals surface area contributed by atoms with Gasteiger partial charge >= 0.3 is 17.9 Å². The quantitative estimate of drug-likeness (QED) is 0.0263. The fraction of sp³-hybridized carbons (Fsp3) is 0.755. The lowest BCUT2D eigenvalue weighted by molar-refractivity contribution is -0.167.